The van der Waals surface area contributed by atoms with E-state index in [1.807, 2.05) is 4.90 Å². The summed E-state index contributed by atoms with van der Waals surface area (Å²) < 4.78 is 0. The van der Waals surface area contributed by atoms with Crippen molar-refractivity contribution >= 4 is 12.0 Å². The van der Waals surface area contributed by atoms with Crippen LogP contribution in [-0.2, 0) is 4.79 Å². The Kier molecular flexibility index (Phi) is 4.09. The maximum absolute atomic E-state index is 12.7. The summed E-state index contributed by atoms with van der Waals surface area (Å²) in [4.78, 5) is 25.7. The van der Waals surface area contributed by atoms with Gasteiger partial charge < -0.3 is 15.3 Å². The van der Waals surface area contributed by atoms with Crippen LogP contribution >= 0.6 is 0 Å². The summed E-state index contributed by atoms with van der Waals surface area (Å²) >= 11 is 0. The van der Waals surface area contributed by atoms with Crippen LogP contribution < -0.4 is 5.32 Å². The molecule has 2 N–H and O–H groups in total. The van der Waals surface area contributed by atoms with Crippen molar-refractivity contribution in [3.8, 4) is 0 Å². The summed E-state index contributed by atoms with van der Waals surface area (Å²) in [5, 5.41) is 12.1. The zero-order valence-electron chi connectivity index (χ0n) is 12.6. The number of hydrogen-bond donors (Lipinski definition) is 2. The quantitative estimate of drug-likeness (QED) is 0.841. The van der Waals surface area contributed by atoms with Crippen molar-refractivity contribution in [2.45, 2.75) is 75.8 Å². The fourth-order valence-corrected chi connectivity index (χ4v) is 4.41. The minimum absolute atomic E-state index is 0.0208. The molecule has 2 amide bonds. The van der Waals surface area contributed by atoms with Crippen LogP contribution in [0.1, 0.15) is 64.2 Å². The summed E-state index contributed by atoms with van der Waals surface area (Å²) in [5.41, 5.74) is -0.482. The first-order valence-corrected chi connectivity index (χ1v) is 8.40. The number of carbonyl (C=O) groups is 2. The van der Waals surface area contributed by atoms with Gasteiger partial charge in [0.05, 0.1) is 12.0 Å². The number of fused-ring (bicyclic) bond motifs is 1. The van der Waals surface area contributed by atoms with E-state index < -0.39 is 11.5 Å². The molecule has 0 aromatic carbocycles. The smallest absolute Gasteiger partial charge is 0.318 e. The maximum Gasteiger partial charge on any atom is 0.318 e. The molecule has 3 aliphatic rings. The second-order valence-corrected chi connectivity index (χ2v) is 7.08. The van der Waals surface area contributed by atoms with Gasteiger partial charge in [-0.3, -0.25) is 4.79 Å². The van der Waals surface area contributed by atoms with Gasteiger partial charge in [-0.05, 0) is 50.9 Å². The van der Waals surface area contributed by atoms with E-state index >= 15 is 0 Å². The summed E-state index contributed by atoms with van der Waals surface area (Å²) in [6.07, 6.45) is 9.86. The van der Waals surface area contributed by atoms with E-state index in [1.165, 1.54) is 25.7 Å². The third-order valence-corrected chi connectivity index (χ3v) is 5.68. The minimum Gasteiger partial charge on any atom is -0.481 e. The van der Waals surface area contributed by atoms with Gasteiger partial charge in [0.15, 0.2) is 0 Å². The molecule has 3 rings (SSSR count). The van der Waals surface area contributed by atoms with E-state index in [0.29, 0.717) is 12.0 Å². The number of likely N-dealkylation sites (tertiary alicyclic amines) is 1. The molecule has 21 heavy (non-hydrogen) atoms. The normalized spacial score (nSPS) is 31.0. The van der Waals surface area contributed by atoms with Crippen LogP contribution in [0.5, 0.6) is 0 Å². The number of carboxylic acids is 1. The summed E-state index contributed by atoms with van der Waals surface area (Å²) in [6, 6.07) is 0.363. The number of hydrogen-bond acceptors (Lipinski definition) is 2. The molecule has 1 heterocycles. The lowest BCUT2D eigenvalue weighted by Gasteiger charge is -2.47. The van der Waals surface area contributed by atoms with Crippen LogP contribution in [-0.4, -0.2) is 40.1 Å². The molecule has 118 valence electrons. The van der Waals surface area contributed by atoms with Crippen molar-refractivity contribution in [3.63, 3.8) is 0 Å². The number of carbonyl (C=O) groups excluding carboxylic acids is 1. The molecular weight excluding hydrogens is 268 g/mol. The lowest BCUT2D eigenvalue weighted by molar-refractivity contribution is -0.139. The standard InChI is InChI=1S/C16H26N2O3/c19-14(20)11-16(8-4-9-16)17-15(21)18-10-3-6-12-5-1-2-7-13(12)18/h12-13H,1-11H2,(H,17,21)(H,19,20). The van der Waals surface area contributed by atoms with Crippen molar-refractivity contribution in [2.24, 2.45) is 5.92 Å². The van der Waals surface area contributed by atoms with Gasteiger partial charge in [-0.2, -0.15) is 0 Å². The second kappa shape index (κ2) is 5.85. The predicted octanol–water partition coefficient (Wildman–Crippen LogP) is 2.75. The number of piperidine rings is 1. The number of urea groups is 1. The number of rotatable bonds is 3. The molecule has 2 atom stereocenters. The molecule has 3 fully saturated rings. The molecule has 2 saturated carbocycles. The zero-order valence-corrected chi connectivity index (χ0v) is 12.6. The Morgan fingerprint density at radius 3 is 2.48 bits per heavy atom. The van der Waals surface area contributed by atoms with Gasteiger partial charge in [0.1, 0.15) is 0 Å². The number of carboxylic acid groups (broad SMARTS) is 1. The largest absolute Gasteiger partial charge is 0.481 e. The zero-order chi connectivity index (χ0) is 14.9. The van der Waals surface area contributed by atoms with Crippen molar-refractivity contribution in [3.05, 3.63) is 0 Å². The third-order valence-electron chi connectivity index (χ3n) is 5.68. The van der Waals surface area contributed by atoms with Crippen LogP contribution in [0.25, 0.3) is 0 Å². The molecule has 2 unspecified atom stereocenters. The molecule has 5 nitrogen and oxygen atoms in total. The Balaban J connectivity index is 1.65. The topological polar surface area (TPSA) is 69.6 Å². The van der Waals surface area contributed by atoms with E-state index in [1.54, 1.807) is 0 Å². The molecule has 0 radical (unpaired) electrons. The Hall–Kier alpha value is -1.26. The van der Waals surface area contributed by atoms with Gasteiger partial charge in [0, 0.05) is 12.6 Å². The first kappa shape index (κ1) is 14.7. The van der Waals surface area contributed by atoms with E-state index in [-0.39, 0.29) is 12.5 Å². The van der Waals surface area contributed by atoms with Gasteiger partial charge in [-0.1, -0.05) is 12.8 Å². The molecule has 5 heteroatoms. The Morgan fingerprint density at radius 2 is 1.81 bits per heavy atom. The second-order valence-electron chi connectivity index (χ2n) is 7.08. The van der Waals surface area contributed by atoms with Gasteiger partial charge in [-0.25, -0.2) is 4.79 Å². The molecule has 2 aliphatic carbocycles. The third kappa shape index (κ3) is 3.01. The highest BCUT2D eigenvalue weighted by atomic mass is 16.4. The Morgan fingerprint density at radius 1 is 1.10 bits per heavy atom. The summed E-state index contributed by atoms with van der Waals surface area (Å²) in [5.74, 6) is -0.153. The highest BCUT2D eigenvalue weighted by Crippen LogP contribution is 2.38. The van der Waals surface area contributed by atoms with Crippen molar-refractivity contribution in [2.75, 3.05) is 6.54 Å². The average molecular weight is 294 g/mol. The molecule has 0 aromatic rings. The highest BCUT2D eigenvalue weighted by Gasteiger charge is 2.43. The molecule has 0 spiro atoms. The Bertz CT molecular complexity index is 418. The number of aliphatic carboxylic acids is 1. The average Bonchev–Trinajstić information content (AvgIpc) is 2.43. The number of nitrogens with zero attached hydrogens (tertiary/aromatic N) is 1. The lowest BCUT2D eigenvalue weighted by atomic mass is 9.74. The molecule has 0 aromatic heterocycles. The van der Waals surface area contributed by atoms with E-state index in [4.69, 9.17) is 5.11 Å². The fraction of sp³-hybridized carbons (Fsp3) is 0.875. The first-order valence-electron chi connectivity index (χ1n) is 8.40. The van der Waals surface area contributed by atoms with Gasteiger partial charge >= 0.3 is 12.0 Å². The predicted molar refractivity (Wildman–Crippen MR) is 79.1 cm³/mol. The number of amides is 2. The van der Waals surface area contributed by atoms with Crippen LogP contribution in [0.2, 0.25) is 0 Å². The van der Waals surface area contributed by atoms with Crippen LogP contribution in [0.4, 0.5) is 4.79 Å². The fourth-order valence-electron chi connectivity index (χ4n) is 4.41. The molecule has 1 aliphatic heterocycles. The summed E-state index contributed by atoms with van der Waals surface area (Å²) in [7, 11) is 0. The van der Waals surface area contributed by atoms with Crippen LogP contribution in [0.3, 0.4) is 0 Å². The van der Waals surface area contributed by atoms with Crippen molar-refractivity contribution < 1.29 is 14.7 Å². The van der Waals surface area contributed by atoms with Gasteiger partial charge in [0.25, 0.3) is 0 Å². The molecular formula is C16H26N2O3. The van der Waals surface area contributed by atoms with Crippen molar-refractivity contribution in [1.82, 2.24) is 10.2 Å². The van der Waals surface area contributed by atoms with Crippen LogP contribution in [0, 0.1) is 5.92 Å². The number of nitrogens with one attached hydrogen (secondary N) is 1. The summed E-state index contributed by atoms with van der Waals surface area (Å²) in [6.45, 7) is 0.830. The van der Waals surface area contributed by atoms with E-state index in [9.17, 15) is 9.59 Å². The lowest BCUT2D eigenvalue weighted by Crippen LogP contribution is -2.61. The van der Waals surface area contributed by atoms with Crippen molar-refractivity contribution in [1.29, 1.82) is 0 Å². The van der Waals surface area contributed by atoms with Gasteiger partial charge in [-0.15, -0.1) is 0 Å². The SMILES string of the molecule is O=C(O)CC1(NC(=O)N2CCCC3CCCCC32)CCC1. The highest BCUT2D eigenvalue weighted by molar-refractivity contribution is 5.77. The van der Waals surface area contributed by atoms with Gasteiger partial charge in [0.2, 0.25) is 0 Å². The van der Waals surface area contributed by atoms with Crippen LogP contribution in [0.15, 0.2) is 0 Å². The minimum atomic E-state index is -0.816. The van der Waals surface area contributed by atoms with E-state index in [0.717, 1.165) is 38.6 Å². The monoisotopic (exact) mass is 294 g/mol. The molecule has 0 bridgehead atoms. The maximum atomic E-state index is 12.7. The first-order chi connectivity index (χ1) is 10.1. The van der Waals surface area contributed by atoms with E-state index in [2.05, 4.69) is 5.32 Å². The Labute approximate surface area is 126 Å². The molecule has 1 saturated heterocycles.